The molecule has 8 heteroatoms. The van der Waals surface area contributed by atoms with Crippen molar-refractivity contribution in [1.29, 1.82) is 5.26 Å². The SMILES string of the molecule is CC(CC(N)=O)N(C)S(=O)(=O)c1ccc(C#N)cc1Cl. The average molecular weight is 316 g/mol. The second-order valence-electron chi connectivity index (χ2n) is 4.30. The first kappa shape index (κ1) is 16.4. The molecule has 1 aromatic rings. The summed E-state index contributed by atoms with van der Waals surface area (Å²) in [5, 5.41) is 8.69. The number of nitriles is 1. The zero-order valence-corrected chi connectivity index (χ0v) is 12.6. The van der Waals surface area contributed by atoms with Crippen LogP contribution in [0, 0.1) is 11.3 Å². The summed E-state index contributed by atoms with van der Waals surface area (Å²) in [4.78, 5) is 10.8. The maximum absolute atomic E-state index is 12.4. The highest BCUT2D eigenvalue weighted by molar-refractivity contribution is 7.89. The number of nitrogens with two attached hydrogens (primary N) is 1. The number of sulfonamides is 1. The number of rotatable bonds is 5. The van der Waals surface area contributed by atoms with Gasteiger partial charge in [0.1, 0.15) is 4.90 Å². The Hall–Kier alpha value is -1.62. The number of benzene rings is 1. The number of hydrogen-bond donors (Lipinski definition) is 1. The Morgan fingerprint density at radius 3 is 2.60 bits per heavy atom. The molecule has 1 rings (SSSR count). The maximum atomic E-state index is 12.4. The third-order valence-corrected chi connectivity index (χ3v) is 5.29. The average Bonchev–Trinajstić information content (AvgIpc) is 2.36. The molecule has 20 heavy (non-hydrogen) atoms. The van der Waals surface area contributed by atoms with Gasteiger partial charge in [-0.3, -0.25) is 4.79 Å². The summed E-state index contributed by atoms with van der Waals surface area (Å²) in [5.41, 5.74) is 5.32. The number of hydrogen-bond acceptors (Lipinski definition) is 4. The van der Waals surface area contributed by atoms with Crippen molar-refractivity contribution in [2.45, 2.75) is 24.3 Å². The fraction of sp³-hybridized carbons (Fsp3) is 0.333. The highest BCUT2D eigenvalue weighted by Gasteiger charge is 2.28. The molecule has 0 bridgehead atoms. The van der Waals surface area contributed by atoms with Crippen molar-refractivity contribution in [2.75, 3.05) is 7.05 Å². The fourth-order valence-corrected chi connectivity index (χ4v) is 3.47. The molecule has 6 nitrogen and oxygen atoms in total. The van der Waals surface area contributed by atoms with Crippen LogP contribution >= 0.6 is 11.6 Å². The fourth-order valence-electron chi connectivity index (χ4n) is 1.59. The van der Waals surface area contributed by atoms with Crippen molar-refractivity contribution in [3.05, 3.63) is 28.8 Å². The molecule has 2 N–H and O–H groups in total. The molecule has 0 saturated heterocycles. The van der Waals surface area contributed by atoms with E-state index in [0.29, 0.717) is 0 Å². The van der Waals surface area contributed by atoms with E-state index in [4.69, 9.17) is 22.6 Å². The van der Waals surface area contributed by atoms with Gasteiger partial charge in [-0.2, -0.15) is 9.57 Å². The minimum absolute atomic E-state index is 0.0397. The second kappa shape index (κ2) is 6.22. The van der Waals surface area contributed by atoms with Crippen molar-refractivity contribution in [3.63, 3.8) is 0 Å². The van der Waals surface area contributed by atoms with Crippen LogP contribution in [0.4, 0.5) is 0 Å². The number of amides is 1. The summed E-state index contributed by atoms with van der Waals surface area (Å²) in [5.74, 6) is -0.592. The third kappa shape index (κ3) is 3.48. The molecule has 0 fully saturated rings. The van der Waals surface area contributed by atoms with Gasteiger partial charge in [0.2, 0.25) is 15.9 Å². The van der Waals surface area contributed by atoms with Crippen LogP contribution in [0.5, 0.6) is 0 Å². The van der Waals surface area contributed by atoms with Crippen molar-refractivity contribution in [2.24, 2.45) is 5.73 Å². The molecule has 1 atom stereocenters. The number of halogens is 1. The van der Waals surface area contributed by atoms with Gasteiger partial charge in [0.05, 0.1) is 16.7 Å². The predicted octanol–water partition coefficient (Wildman–Crippen LogP) is 1.10. The molecule has 0 spiro atoms. The van der Waals surface area contributed by atoms with Gasteiger partial charge in [-0.05, 0) is 25.1 Å². The van der Waals surface area contributed by atoms with Crippen LogP contribution in [-0.2, 0) is 14.8 Å². The molecule has 1 unspecified atom stereocenters. The van der Waals surface area contributed by atoms with Gasteiger partial charge < -0.3 is 5.73 Å². The summed E-state index contributed by atoms with van der Waals surface area (Å²) in [7, 11) is -2.51. The van der Waals surface area contributed by atoms with E-state index in [1.54, 1.807) is 6.92 Å². The first-order valence-electron chi connectivity index (χ1n) is 5.66. The van der Waals surface area contributed by atoms with Crippen LogP contribution in [0.15, 0.2) is 23.1 Å². The largest absolute Gasteiger partial charge is 0.370 e. The van der Waals surface area contributed by atoms with E-state index in [1.807, 2.05) is 6.07 Å². The van der Waals surface area contributed by atoms with E-state index in [1.165, 1.54) is 25.2 Å². The zero-order chi connectivity index (χ0) is 15.5. The second-order valence-corrected chi connectivity index (χ2v) is 6.67. The van der Waals surface area contributed by atoms with Gasteiger partial charge in [-0.1, -0.05) is 11.6 Å². The predicted molar refractivity (Wildman–Crippen MR) is 74.4 cm³/mol. The van der Waals surface area contributed by atoms with Crippen LogP contribution < -0.4 is 5.73 Å². The molecular formula is C12H14ClN3O3S. The number of carbonyl (C=O) groups is 1. The van der Waals surface area contributed by atoms with E-state index < -0.39 is 22.0 Å². The molecule has 0 heterocycles. The molecule has 1 aromatic carbocycles. The van der Waals surface area contributed by atoms with Gasteiger partial charge >= 0.3 is 0 Å². The van der Waals surface area contributed by atoms with Crippen molar-refractivity contribution >= 4 is 27.5 Å². The molecule has 0 radical (unpaired) electrons. The van der Waals surface area contributed by atoms with E-state index in [-0.39, 0.29) is 21.9 Å². The van der Waals surface area contributed by atoms with E-state index in [2.05, 4.69) is 0 Å². The first-order valence-corrected chi connectivity index (χ1v) is 7.48. The lowest BCUT2D eigenvalue weighted by molar-refractivity contribution is -0.118. The topological polar surface area (TPSA) is 104 Å². The van der Waals surface area contributed by atoms with Gasteiger partial charge in [-0.25, -0.2) is 8.42 Å². The lowest BCUT2D eigenvalue weighted by Gasteiger charge is -2.23. The highest BCUT2D eigenvalue weighted by atomic mass is 35.5. The lowest BCUT2D eigenvalue weighted by Crippen LogP contribution is -2.37. The number of carbonyl (C=O) groups excluding carboxylic acids is 1. The van der Waals surface area contributed by atoms with Gasteiger partial charge in [0, 0.05) is 19.5 Å². The summed E-state index contributed by atoms with van der Waals surface area (Å²) in [6, 6.07) is 5.19. The number of nitrogens with zero attached hydrogens (tertiary/aromatic N) is 2. The zero-order valence-electron chi connectivity index (χ0n) is 11.0. The summed E-state index contributed by atoms with van der Waals surface area (Å²) >= 11 is 5.90. The molecule has 0 aliphatic rings. The highest BCUT2D eigenvalue weighted by Crippen LogP contribution is 2.26. The Kier molecular flexibility index (Phi) is 5.11. The van der Waals surface area contributed by atoms with Crippen molar-refractivity contribution < 1.29 is 13.2 Å². The Morgan fingerprint density at radius 2 is 2.15 bits per heavy atom. The summed E-state index contributed by atoms with van der Waals surface area (Å²) < 4.78 is 25.8. The van der Waals surface area contributed by atoms with Gasteiger partial charge in [0.25, 0.3) is 0 Å². The minimum Gasteiger partial charge on any atom is -0.370 e. The lowest BCUT2D eigenvalue weighted by atomic mass is 10.2. The van der Waals surface area contributed by atoms with Gasteiger partial charge in [0.15, 0.2) is 0 Å². The molecule has 1 amide bonds. The molecule has 108 valence electrons. The van der Waals surface area contributed by atoms with E-state index >= 15 is 0 Å². The summed E-state index contributed by atoms with van der Waals surface area (Å²) in [6.07, 6.45) is -0.0936. The Labute approximate surface area is 122 Å². The van der Waals surface area contributed by atoms with Crippen LogP contribution in [0.3, 0.4) is 0 Å². The normalized spacial score (nSPS) is 12.9. The standard InChI is InChI=1S/C12H14ClN3O3S/c1-8(5-12(15)17)16(2)20(18,19)11-4-3-9(7-14)6-10(11)13/h3-4,6,8H,5H2,1-2H3,(H2,15,17). The Morgan fingerprint density at radius 1 is 1.55 bits per heavy atom. The third-order valence-electron chi connectivity index (χ3n) is 2.84. The quantitative estimate of drug-likeness (QED) is 0.878. The van der Waals surface area contributed by atoms with E-state index in [9.17, 15) is 13.2 Å². The minimum atomic E-state index is -3.86. The first-order chi connectivity index (χ1) is 9.20. The molecule has 0 aromatic heterocycles. The smallest absolute Gasteiger partial charge is 0.244 e. The monoisotopic (exact) mass is 315 g/mol. The number of primary amides is 1. The maximum Gasteiger partial charge on any atom is 0.244 e. The van der Waals surface area contributed by atoms with Crippen molar-refractivity contribution in [1.82, 2.24) is 4.31 Å². The Balaban J connectivity index is 3.17. The van der Waals surface area contributed by atoms with Crippen LogP contribution in [0.25, 0.3) is 0 Å². The van der Waals surface area contributed by atoms with Crippen molar-refractivity contribution in [3.8, 4) is 6.07 Å². The molecule has 0 aliphatic carbocycles. The van der Waals surface area contributed by atoms with Crippen LogP contribution in [-0.4, -0.2) is 31.7 Å². The van der Waals surface area contributed by atoms with Gasteiger partial charge in [-0.15, -0.1) is 0 Å². The van der Waals surface area contributed by atoms with Crippen LogP contribution in [0.2, 0.25) is 5.02 Å². The van der Waals surface area contributed by atoms with E-state index in [0.717, 1.165) is 4.31 Å². The molecule has 0 saturated carbocycles. The summed E-state index contributed by atoms with van der Waals surface area (Å²) in [6.45, 7) is 1.57. The molecule has 0 aliphatic heterocycles. The van der Waals surface area contributed by atoms with Crippen LogP contribution in [0.1, 0.15) is 18.9 Å². The molecular weight excluding hydrogens is 302 g/mol. The Bertz CT molecular complexity index is 667.